The average molecular weight is 494 g/mol. The van der Waals surface area contributed by atoms with Crippen LogP contribution in [0.2, 0.25) is 5.02 Å². The Morgan fingerprint density at radius 3 is 2.18 bits per heavy atom. The van der Waals surface area contributed by atoms with E-state index in [4.69, 9.17) is 11.6 Å². The molecule has 174 valence electrons. The SMILES string of the molecule is CC1(C)CCC(C)(C)c2cc(C(F)(F)F)c(-c3c(Cl)cccc3/C=C3/SC(=O)NC3=O)cc21. The maximum atomic E-state index is 14.4. The van der Waals surface area contributed by atoms with E-state index in [0.717, 1.165) is 18.4 Å². The van der Waals surface area contributed by atoms with Crippen LogP contribution in [0.1, 0.15) is 62.8 Å². The smallest absolute Gasteiger partial charge is 0.282 e. The molecule has 4 rings (SSSR count). The Bertz CT molecular complexity index is 1210. The van der Waals surface area contributed by atoms with Gasteiger partial charge in [-0.05, 0) is 82.0 Å². The number of carbonyl (C=O) groups is 2. The van der Waals surface area contributed by atoms with Gasteiger partial charge in [-0.2, -0.15) is 13.2 Å². The van der Waals surface area contributed by atoms with Crippen LogP contribution in [-0.4, -0.2) is 11.1 Å². The number of fused-ring (bicyclic) bond motifs is 1. The van der Waals surface area contributed by atoms with Crippen molar-refractivity contribution in [2.75, 3.05) is 0 Å². The Morgan fingerprint density at radius 1 is 1.03 bits per heavy atom. The first-order valence-corrected chi connectivity index (χ1v) is 11.7. The third-order valence-corrected chi connectivity index (χ3v) is 7.67. The Kier molecular flexibility index (Phi) is 5.73. The van der Waals surface area contributed by atoms with E-state index in [1.54, 1.807) is 18.2 Å². The Morgan fingerprint density at radius 2 is 1.64 bits per heavy atom. The molecule has 0 atom stereocenters. The highest BCUT2D eigenvalue weighted by Crippen LogP contribution is 2.51. The van der Waals surface area contributed by atoms with Crippen LogP contribution in [0.4, 0.5) is 18.0 Å². The highest BCUT2D eigenvalue weighted by Gasteiger charge is 2.42. The summed E-state index contributed by atoms with van der Waals surface area (Å²) in [6, 6.07) is 7.62. The Labute approximate surface area is 199 Å². The largest absolute Gasteiger partial charge is 0.417 e. The predicted molar refractivity (Wildman–Crippen MR) is 126 cm³/mol. The predicted octanol–water partition coefficient (Wildman–Crippen LogP) is 7.70. The van der Waals surface area contributed by atoms with E-state index in [1.807, 2.05) is 27.7 Å². The third kappa shape index (κ3) is 4.33. The number of hydrogen-bond donors (Lipinski definition) is 1. The molecule has 0 radical (unpaired) electrons. The lowest BCUT2D eigenvalue weighted by molar-refractivity contribution is -0.137. The maximum absolute atomic E-state index is 14.4. The minimum atomic E-state index is -4.61. The van der Waals surface area contributed by atoms with Gasteiger partial charge in [0.15, 0.2) is 0 Å². The van der Waals surface area contributed by atoms with Gasteiger partial charge in [0.1, 0.15) is 0 Å². The molecular weight excluding hydrogens is 471 g/mol. The quantitative estimate of drug-likeness (QED) is 0.436. The van der Waals surface area contributed by atoms with Crippen molar-refractivity contribution in [2.45, 2.75) is 57.5 Å². The van der Waals surface area contributed by atoms with Crippen LogP contribution in [0.25, 0.3) is 17.2 Å². The van der Waals surface area contributed by atoms with Gasteiger partial charge in [-0.3, -0.25) is 14.9 Å². The second-order valence-corrected chi connectivity index (χ2v) is 11.2. The monoisotopic (exact) mass is 493 g/mol. The number of alkyl halides is 3. The normalized spacial score (nSPS) is 20.7. The molecule has 1 fully saturated rings. The molecule has 1 aliphatic carbocycles. The number of halogens is 4. The maximum Gasteiger partial charge on any atom is 0.417 e. The van der Waals surface area contributed by atoms with E-state index in [1.165, 1.54) is 18.2 Å². The van der Waals surface area contributed by atoms with Crippen molar-refractivity contribution >= 4 is 40.6 Å². The van der Waals surface area contributed by atoms with E-state index in [0.29, 0.717) is 22.9 Å². The highest BCUT2D eigenvalue weighted by atomic mass is 35.5. The van der Waals surface area contributed by atoms with Crippen LogP contribution in [-0.2, 0) is 21.8 Å². The molecule has 0 bridgehead atoms. The van der Waals surface area contributed by atoms with Gasteiger partial charge >= 0.3 is 6.18 Å². The number of imide groups is 1. The molecule has 2 aliphatic rings. The van der Waals surface area contributed by atoms with E-state index >= 15 is 0 Å². The fourth-order valence-electron chi connectivity index (χ4n) is 4.56. The van der Waals surface area contributed by atoms with Crippen molar-refractivity contribution in [3.05, 3.63) is 62.5 Å². The summed E-state index contributed by atoms with van der Waals surface area (Å²) in [7, 11) is 0. The van der Waals surface area contributed by atoms with Crippen molar-refractivity contribution in [1.29, 1.82) is 0 Å². The summed E-state index contributed by atoms with van der Waals surface area (Å²) in [5.41, 5.74) is 0.590. The van der Waals surface area contributed by atoms with Crippen molar-refractivity contribution in [3.63, 3.8) is 0 Å². The number of amides is 2. The second-order valence-electron chi connectivity index (χ2n) is 9.77. The Balaban J connectivity index is 2.04. The van der Waals surface area contributed by atoms with Gasteiger partial charge < -0.3 is 0 Å². The summed E-state index contributed by atoms with van der Waals surface area (Å²) in [4.78, 5) is 23.7. The summed E-state index contributed by atoms with van der Waals surface area (Å²) in [6.07, 6.45) is -1.56. The molecule has 1 aliphatic heterocycles. The molecule has 0 saturated carbocycles. The van der Waals surface area contributed by atoms with Gasteiger partial charge in [-0.25, -0.2) is 0 Å². The van der Waals surface area contributed by atoms with Gasteiger partial charge in [0.25, 0.3) is 11.1 Å². The molecule has 1 N–H and O–H groups in total. The van der Waals surface area contributed by atoms with E-state index < -0.39 is 28.3 Å². The molecule has 1 saturated heterocycles. The molecular formula is C25H23ClF3NO2S. The number of carbonyl (C=O) groups excluding carboxylic acids is 2. The molecule has 2 aromatic carbocycles. The summed E-state index contributed by atoms with van der Waals surface area (Å²) in [5, 5.41) is 1.77. The lowest BCUT2D eigenvalue weighted by Gasteiger charge is -2.42. The molecule has 2 amide bonds. The van der Waals surface area contributed by atoms with Crippen LogP contribution in [0.3, 0.4) is 0 Å². The zero-order valence-corrected chi connectivity index (χ0v) is 20.2. The molecule has 3 nitrogen and oxygen atoms in total. The van der Waals surface area contributed by atoms with Crippen LogP contribution in [0.5, 0.6) is 0 Å². The molecule has 1 heterocycles. The standard InChI is InChI=1S/C25H23ClF3NO2S/c1-23(2)8-9-24(3,4)17-12-15(25(27,28)29)14(11-16(17)23)20-13(6-5-7-18(20)26)10-19-21(31)30-22(32)33-19/h5-7,10-12H,8-9H2,1-4H3,(H,30,31,32)/b19-10+. The number of hydrogen-bond acceptors (Lipinski definition) is 3. The fourth-order valence-corrected chi connectivity index (χ4v) is 5.52. The summed E-state index contributed by atoms with van der Waals surface area (Å²) in [6.45, 7) is 8.02. The van der Waals surface area contributed by atoms with Crippen molar-refractivity contribution in [2.24, 2.45) is 0 Å². The van der Waals surface area contributed by atoms with Gasteiger partial charge in [-0.1, -0.05) is 51.4 Å². The number of nitrogens with one attached hydrogen (secondary N) is 1. The minimum absolute atomic E-state index is 0.0285. The lowest BCUT2D eigenvalue weighted by atomic mass is 9.62. The van der Waals surface area contributed by atoms with Crippen LogP contribution >= 0.6 is 23.4 Å². The number of rotatable bonds is 2. The molecule has 0 aromatic heterocycles. The molecule has 8 heteroatoms. The first-order valence-electron chi connectivity index (χ1n) is 10.5. The summed E-state index contributed by atoms with van der Waals surface area (Å²) >= 11 is 7.18. The van der Waals surface area contributed by atoms with Gasteiger partial charge in [-0.15, -0.1) is 0 Å². The Hall–Kier alpha value is -2.25. The van der Waals surface area contributed by atoms with Gasteiger partial charge in [0.2, 0.25) is 0 Å². The fraction of sp³-hybridized carbons (Fsp3) is 0.360. The summed E-state index contributed by atoms with van der Waals surface area (Å²) < 4.78 is 43.1. The molecule has 0 unspecified atom stereocenters. The first kappa shape index (κ1) is 23.9. The van der Waals surface area contributed by atoms with Gasteiger partial charge in [0, 0.05) is 10.6 Å². The van der Waals surface area contributed by atoms with Gasteiger partial charge in [0.05, 0.1) is 10.5 Å². The van der Waals surface area contributed by atoms with Crippen molar-refractivity contribution < 1.29 is 22.8 Å². The molecule has 2 aromatic rings. The first-order chi connectivity index (χ1) is 15.2. The second kappa shape index (κ2) is 7.91. The zero-order valence-electron chi connectivity index (χ0n) is 18.6. The van der Waals surface area contributed by atoms with Crippen molar-refractivity contribution in [3.8, 4) is 11.1 Å². The lowest BCUT2D eigenvalue weighted by Crippen LogP contribution is -2.34. The average Bonchev–Trinajstić information content (AvgIpc) is 3.01. The third-order valence-electron chi connectivity index (χ3n) is 6.54. The van der Waals surface area contributed by atoms with E-state index in [9.17, 15) is 22.8 Å². The van der Waals surface area contributed by atoms with Crippen molar-refractivity contribution in [1.82, 2.24) is 5.32 Å². The minimum Gasteiger partial charge on any atom is -0.282 e. The van der Waals surface area contributed by atoms with Crippen LogP contribution in [0.15, 0.2) is 35.2 Å². The number of thioether (sulfide) groups is 1. The highest BCUT2D eigenvalue weighted by molar-refractivity contribution is 8.18. The molecule has 33 heavy (non-hydrogen) atoms. The van der Waals surface area contributed by atoms with E-state index in [-0.39, 0.29) is 26.5 Å². The topological polar surface area (TPSA) is 46.2 Å². The van der Waals surface area contributed by atoms with E-state index in [2.05, 4.69) is 5.32 Å². The molecule has 0 spiro atoms. The van der Waals surface area contributed by atoms with Crippen LogP contribution in [0, 0.1) is 0 Å². The summed E-state index contributed by atoms with van der Waals surface area (Å²) in [5.74, 6) is -0.583. The number of benzene rings is 2. The van der Waals surface area contributed by atoms with Crippen LogP contribution < -0.4 is 5.32 Å². The zero-order chi connectivity index (χ0) is 24.3.